The van der Waals surface area contributed by atoms with E-state index in [1.165, 1.54) is 95.0 Å². The van der Waals surface area contributed by atoms with E-state index in [-0.39, 0.29) is 29.8 Å². The quantitative estimate of drug-likeness (QED) is 0.0360. The van der Waals surface area contributed by atoms with Gasteiger partial charge in [0.25, 0.3) is 0 Å². The van der Waals surface area contributed by atoms with E-state index < -0.39 is 0 Å². The van der Waals surface area contributed by atoms with Crippen LogP contribution in [0.4, 0.5) is 0 Å². The molecule has 1 aromatic carbocycles. The molecule has 742 valence electrons. The highest BCUT2D eigenvalue weighted by atomic mass is 32.2. The fourth-order valence-electron chi connectivity index (χ4n) is 12.7. The second kappa shape index (κ2) is 83.9. The lowest BCUT2D eigenvalue weighted by atomic mass is 9.86. The molecule has 10 nitrogen and oxygen atoms in total. The molecule has 6 atom stereocenters. The van der Waals surface area contributed by atoms with Gasteiger partial charge in [0.1, 0.15) is 5.78 Å². The van der Waals surface area contributed by atoms with Crippen molar-refractivity contribution in [3.63, 3.8) is 0 Å². The maximum absolute atomic E-state index is 11.3. The maximum atomic E-state index is 11.3. The van der Waals surface area contributed by atoms with Crippen molar-refractivity contribution in [2.45, 2.75) is 456 Å². The topological polar surface area (TPSA) is 95.8 Å². The Morgan fingerprint density at radius 1 is 0.468 bits per heavy atom. The zero-order chi connectivity index (χ0) is 97.7. The van der Waals surface area contributed by atoms with Crippen LogP contribution < -0.4 is 0 Å². The molecule has 2 fully saturated rings. The SMILES string of the molecule is CC(C)C1CN(C(C)C)C1.CC(C)C=CCC(C)C.CC(C)CC1CN1C(C)C.CC(C)CCC(=O)C(C)C.CC(C)CCCC(C)C.CC(C)CCSC(C)C.CC(C)OCC(C(C)C)C(C)C.CC(C)OCC(Cc1ccccc1)C(C)C.CC(C)OCC(c1ccsc1)C(C)C.CCCC(COC(C)C)C(C)C.COC(=O)C(COC(C)C)C(C)C. The number of nitrogens with zero attached hydrogens (tertiary/aromatic N) is 2. The second-order valence-electron chi connectivity index (χ2n) is 43.6. The Morgan fingerprint density at radius 2 is 0.919 bits per heavy atom. The molecule has 0 aliphatic carbocycles. The third kappa shape index (κ3) is 91.8. The van der Waals surface area contributed by atoms with Crippen LogP contribution in [0.1, 0.15) is 407 Å². The maximum Gasteiger partial charge on any atom is 0.311 e. The van der Waals surface area contributed by atoms with Crippen molar-refractivity contribution in [3.05, 3.63) is 70.4 Å². The number of methoxy groups -OCH3 is 1. The van der Waals surface area contributed by atoms with Gasteiger partial charge in [0.15, 0.2) is 0 Å². The van der Waals surface area contributed by atoms with Gasteiger partial charge in [-0.05, 0) is 281 Å². The summed E-state index contributed by atoms with van der Waals surface area (Å²) in [6, 6.07) is 15.3. The van der Waals surface area contributed by atoms with Crippen LogP contribution in [0.2, 0.25) is 0 Å². The van der Waals surface area contributed by atoms with Crippen molar-refractivity contribution in [2.24, 2.45) is 118 Å². The number of hydrogen-bond acceptors (Lipinski definition) is 12. The number of allylic oxidation sites excluding steroid dienone is 2. The first kappa shape index (κ1) is 135. The van der Waals surface area contributed by atoms with E-state index in [9.17, 15) is 9.59 Å². The molecule has 4 rings (SSSR count). The molecule has 0 radical (unpaired) electrons. The molecule has 1 aromatic heterocycles. The summed E-state index contributed by atoms with van der Waals surface area (Å²) in [6.07, 6.45) is 19.8. The van der Waals surface area contributed by atoms with Crippen molar-refractivity contribution in [1.82, 2.24) is 9.80 Å². The molecule has 2 saturated heterocycles. The number of ketones is 1. The fourth-order valence-corrected chi connectivity index (χ4v) is 14.5. The summed E-state index contributed by atoms with van der Waals surface area (Å²) in [7, 11) is 1.41. The van der Waals surface area contributed by atoms with Gasteiger partial charge < -0.3 is 33.3 Å². The van der Waals surface area contributed by atoms with Crippen molar-refractivity contribution in [3.8, 4) is 0 Å². The Morgan fingerprint density at radius 3 is 1.25 bits per heavy atom. The van der Waals surface area contributed by atoms with Gasteiger partial charge in [-0.15, -0.1) is 0 Å². The average molecular weight is 1790 g/mol. The molecule has 2 aliphatic rings. The molecule has 2 aromatic rings. The second-order valence-corrected chi connectivity index (χ2v) is 46.1. The van der Waals surface area contributed by atoms with Crippen LogP contribution in [0.5, 0.6) is 0 Å². The molecule has 124 heavy (non-hydrogen) atoms. The van der Waals surface area contributed by atoms with Crippen molar-refractivity contribution >= 4 is 34.9 Å². The summed E-state index contributed by atoms with van der Waals surface area (Å²) in [4.78, 5) is 27.4. The molecule has 12 heteroatoms. The monoisotopic (exact) mass is 1790 g/mol. The van der Waals surface area contributed by atoms with Crippen LogP contribution in [-0.2, 0) is 44.4 Å². The lowest BCUT2D eigenvalue weighted by molar-refractivity contribution is -0.150. The number of thioether (sulfide) groups is 1. The van der Waals surface area contributed by atoms with Crippen LogP contribution >= 0.6 is 23.1 Å². The minimum absolute atomic E-state index is 0.146. The van der Waals surface area contributed by atoms with E-state index in [1.54, 1.807) is 11.3 Å². The number of carbonyl (C=O) groups excluding carboxylic acids is 2. The Hall–Kier alpha value is -2.13. The van der Waals surface area contributed by atoms with Crippen LogP contribution in [0, 0.1) is 118 Å². The minimum Gasteiger partial charge on any atom is -0.469 e. The van der Waals surface area contributed by atoms with Crippen LogP contribution in [0.15, 0.2) is 59.3 Å². The van der Waals surface area contributed by atoms with E-state index >= 15 is 0 Å². The smallest absolute Gasteiger partial charge is 0.311 e. The number of carbonyl (C=O) groups is 2. The number of likely N-dealkylation sites (tertiary alicyclic amines) is 1. The Balaban J connectivity index is -0.000000244. The number of thiophene rings is 1. The number of benzene rings is 1. The average Bonchev–Trinajstić information content (AvgIpc) is 1.63. The molecule has 0 saturated carbocycles. The van der Waals surface area contributed by atoms with Gasteiger partial charge in [0, 0.05) is 62.6 Å². The highest BCUT2D eigenvalue weighted by molar-refractivity contribution is 7.99. The van der Waals surface area contributed by atoms with Gasteiger partial charge in [-0.3, -0.25) is 14.5 Å². The minimum atomic E-state index is -0.185. The van der Waals surface area contributed by atoms with Gasteiger partial charge in [0.05, 0.1) is 70.0 Å². The number of hydrogen-bond donors (Lipinski definition) is 0. The van der Waals surface area contributed by atoms with Crippen molar-refractivity contribution in [1.29, 1.82) is 0 Å². The van der Waals surface area contributed by atoms with E-state index in [0.29, 0.717) is 78.2 Å². The molecular formula is C112H224N2O8S2. The lowest BCUT2D eigenvalue weighted by Crippen LogP contribution is -2.51. The molecule has 2 aliphatic heterocycles. The van der Waals surface area contributed by atoms with Gasteiger partial charge in [-0.25, -0.2) is 0 Å². The van der Waals surface area contributed by atoms with Gasteiger partial charge in [0.2, 0.25) is 0 Å². The van der Waals surface area contributed by atoms with E-state index in [1.807, 2.05) is 41.5 Å². The molecule has 6 unspecified atom stereocenters. The summed E-state index contributed by atoms with van der Waals surface area (Å²) in [5.41, 5.74) is 2.83. The molecule has 3 heterocycles. The predicted molar refractivity (Wildman–Crippen MR) is 561 cm³/mol. The van der Waals surface area contributed by atoms with E-state index in [2.05, 4.69) is 369 Å². The summed E-state index contributed by atoms with van der Waals surface area (Å²) in [6.45, 7) is 111. The number of rotatable bonds is 47. The third-order valence-corrected chi connectivity index (χ3v) is 23.9. The summed E-state index contributed by atoms with van der Waals surface area (Å²) < 4.78 is 32.8. The number of Topliss-reactive ketones (excluding diaryl/α,β-unsaturated/α-hetero) is 1. The molecule has 0 spiro atoms. The Kier molecular flexibility index (Phi) is 91.3. The summed E-state index contributed by atoms with van der Waals surface area (Å²) in [5, 5.41) is 5.18. The first-order valence-corrected chi connectivity index (χ1v) is 52.9. The van der Waals surface area contributed by atoms with Crippen LogP contribution in [0.25, 0.3) is 0 Å². The zero-order valence-corrected chi connectivity index (χ0v) is 93.8. The van der Waals surface area contributed by atoms with E-state index in [0.717, 1.165) is 134 Å². The first-order valence-electron chi connectivity index (χ1n) is 50.9. The predicted octanol–water partition coefficient (Wildman–Crippen LogP) is 33.2. The zero-order valence-electron chi connectivity index (χ0n) is 92.2. The number of esters is 1. The Bertz CT molecular complexity index is 2500. The highest BCUT2D eigenvalue weighted by Crippen LogP contribution is 2.30. The molecule has 0 bridgehead atoms. The third-order valence-electron chi connectivity index (χ3n) is 22.0. The van der Waals surface area contributed by atoms with Crippen LogP contribution in [-0.4, -0.2) is 141 Å². The molecule has 0 amide bonds. The normalized spacial score (nSPS) is 15.1. The molecule has 0 N–H and O–H groups in total. The summed E-state index contributed by atoms with van der Waals surface area (Å²) in [5.74, 6) is 15.6. The van der Waals surface area contributed by atoms with Gasteiger partial charge in [-0.2, -0.15) is 23.1 Å². The summed E-state index contributed by atoms with van der Waals surface area (Å²) >= 11 is 3.82. The lowest BCUT2D eigenvalue weighted by Gasteiger charge is -2.44. The van der Waals surface area contributed by atoms with Crippen LogP contribution in [0.3, 0.4) is 0 Å². The van der Waals surface area contributed by atoms with E-state index in [4.69, 9.17) is 23.7 Å². The molecular weight excluding hydrogens is 1570 g/mol. The van der Waals surface area contributed by atoms with Crippen molar-refractivity contribution < 1.29 is 38.0 Å². The standard InChI is InChI=1S/C15H24O.C12H20OS.2C11H24O.C10H20O3.2C9H19N.C9H18O.C9H20.C9H18.C8H18S/c1-12(2)15(11-16-13(3)4)10-14-8-6-5-7-9-14;1-9(2)12(7-13-10(3)4)11-5-6-14-8-11;1-8(2)11(9(3)4)7-12-10(5)6;1-6-7-11(9(2)3)8-12-10(4)5;1-7(2)9(10(11)12-5)6-13-8(3)4;1-7(2)9-5-10(6-9)8(3)4;1-7(2)5-9-6-10(9)8(3)4;1-7(2)5-6-9(10)8(3)4;2*1-8(2)6-5-7-9(3)4;1-7(2)5-6-9-8(3)4/h5-9,12-13,15H,10-11H2,1-4H3;5-6,8-10,12H,7H2,1-4H3;8-11H,7H2,1-6H3;9-11H,6-8H2,1-5H3;7-9H,6H2,1-5H3;2*7-9H,5-6H2,1-4H3;7-8H,5-6H2,1-4H3;8-9H,5-7H2,1-4H3;5-6,8-9H,7H2,1-4H3;7-8H,5-6H2,1-4H3. The van der Waals surface area contributed by atoms with Crippen molar-refractivity contribution in [2.75, 3.05) is 65.5 Å². The first-order chi connectivity index (χ1) is 57.3. The Labute approximate surface area is 787 Å². The number of ether oxygens (including phenoxy) is 6. The largest absolute Gasteiger partial charge is 0.469 e. The van der Waals surface area contributed by atoms with Gasteiger partial charge in [-0.1, -0.05) is 297 Å². The fraction of sp³-hybridized carbons (Fsp3) is 0.875. The van der Waals surface area contributed by atoms with Gasteiger partial charge >= 0.3 is 5.97 Å². The highest BCUT2D eigenvalue weighted by Gasteiger charge is 2.36.